The fraction of sp³-hybridized carbons (Fsp3) is 0.600. The van der Waals surface area contributed by atoms with Crippen LogP contribution in [0.25, 0.3) is 0 Å². The maximum Gasteiger partial charge on any atom is 0.259 e. The number of amidine groups is 1. The number of hydrogen-bond donors (Lipinski definition) is 5. The van der Waals surface area contributed by atoms with Crippen molar-refractivity contribution in [2.24, 2.45) is 9.98 Å². The van der Waals surface area contributed by atoms with Gasteiger partial charge in [-0.3, -0.25) is 25.4 Å². The van der Waals surface area contributed by atoms with Gasteiger partial charge < -0.3 is 20.1 Å². The van der Waals surface area contributed by atoms with Crippen molar-refractivity contribution in [2.75, 3.05) is 6.61 Å². The Labute approximate surface area is 112 Å². The Kier molecular flexibility index (Phi) is 3.01. The molecule has 1 amide bonds. The van der Waals surface area contributed by atoms with Crippen molar-refractivity contribution in [3.05, 3.63) is 0 Å². The lowest BCUT2D eigenvalue weighted by molar-refractivity contribution is -0.119. The first kappa shape index (κ1) is 13.1. The van der Waals surface area contributed by atoms with E-state index in [1.165, 1.54) is 11.2 Å². The molecule has 0 aromatic rings. The fourth-order valence-corrected chi connectivity index (χ4v) is 2.34. The number of carbonyl (C=O) groups is 1. The number of aliphatic hydroxyl groups excluding tert-OH is 3. The van der Waals surface area contributed by atoms with Gasteiger partial charge in [0.15, 0.2) is 18.1 Å². The van der Waals surface area contributed by atoms with Gasteiger partial charge in [-0.15, -0.1) is 0 Å². The van der Waals surface area contributed by atoms with Gasteiger partial charge in [-0.2, -0.15) is 4.99 Å². The third-order valence-electron chi connectivity index (χ3n) is 3.36. The van der Waals surface area contributed by atoms with Crippen molar-refractivity contribution in [1.29, 1.82) is 5.41 Å². The molecule has 5 atom stereocenters. The third-order valence-corrected chi connectivity index (χ3v) is 3.36. The second-order valence-electron chi connectivity index (χ2n) is 4.61. The lowest BCUT2D eigenvalue weighted by atomic mass is 10.1. The van der Waals surface area contributed by atoms with Gasteiger partial charge in [0.1, 0.15) is 18.3 Å². The molecule has 0 bridgehead atoms. The topological polar surface area (TPSA) is 151 Å². The summed E-state index contributed by atoms with van der Waals surface area (Å²) >= 11 is 0. The van der Waals surface area contributed by atoms with Crippen LogP contribution in [0.1, 0.15) is 0 Å². The first-order valence-corrected chi connectivity index (χ1v) is 5.95. The summed E-state index contributed by atoms with van der Waals surface area (Å²) in [5, 5.41) is 38.3. The summed E-state index contributed by atoms with van der Waals surface area (Å²) < 4.78 is 5.34. The summed E-state index contributed by atoms with van der Waals surface area (Å²) in [5.74, 6) is -0.678. The molecular weight excluding hydrogens is 270 g/mol. The average Bonchev–Trinajstić information content (AvgIpc) is 2.93. The summed E-state index contributed by atoms with van der Waals surface area (Å²) in [5.41, 5.74) is 0. The van der Waals surface area contributed by atoms with Crippen LogP contribution in [-0.2, 0) is 9.53 Å². The monoisotopic (exact) mass is 283 g/mol. The number of hydrogen-bond acceptors (Lipinski definition) is 8. The van der Waals surface area contributed by atoms with E-state index >= 15 is 0 Å². The first-order valence-electron chi connectivity index (χ1n) is 5.95. The van der Waals surface area contributed by atoms with Gasteiger partial charge in [-0.05, 0) is 0 Å². The van der Waals surface area contributed by atoms with E-state index in [2.05, 4.69) is 15.3 Å². The molecular formula is C10H13N5O5. The van der Waals surface area contributed by atoms with Crippen LogP contribution in [0, 0.1) is 5.41 Å². The Morgan fingerprint density at radius 1 is 1.45 bits per heavy atom. The summed E-state index contributed by atoms with van der Waals surface area (Å²) in [6.07, 6.45) is -3.23. The molecule has 0 spiro atoms. The minimum Gasteiger partial charge on any atom is -0.394 e. The summed E-state index contributed by atoms with van der Waals surface area (Å²) in [4.78, 5) is 20.7. The van der Waals surface area contributed by atoms with Gasteiger partial charge in [0.25, 0.3) is 5.91 Å². The quantitative estimate of drug-likeness (QED) is 0.356. The zero-order chi connectivity index (χ0) is 14.4. The number of fused-ring (bicyclic) bond motifs is 1. The largest absolute Gasteiger partial charge is 0.394 e. The summed E-state index contributed by atoms with van der Waals surface area (Å²) in [7, 11) is 0. The molecule has 1 saturated heterocycles. The van der Waals surface area contributed by atoms with Gasteiger partial charge in [0.2, 0.25) is 5.96 Å². The molecule has 3 aliphatic rings. The molecule has 108 valence electrons. The number of nitrogens with one attached hydrogen (secondary N) is 2. The van der Waals surface area contributed by atoms with Crippen LogP contribution in [0.5, 0.6) is 0 Å². The van der Waals surface area contributed by atoms with E-state index < -0.39 is 43.1 Å². The Morgan fingerprint density at radius 3 is 2.85 bits per heavy atom. The normalized spacial score (nSPS) is 39.9. The van der Waals surface area contributed by atoms with Gasteiger partial charge >= 0.3 is 0 Å². The van der Waals surface area contributed by atoms with Crippen LogP contribution in [0.15, 0.2) is 9.98 Å². The molecule has 0 saturated carbocycles. The van der Waals surface area contributed by atoms with Crippen LogP contribution >= 0.6 is 0 Å². The SMILES string of the molecule is N=C1N=C2C(N=CN2[C@H]2O[C@@H](CO)[C@H](O)[C@@H]2O)C(=O)N1. The van der Waals surface area contributed by atoms with Gasteiger partial charge in [-0.1, -0.05) is 0 Å². The molecule has 0 radical (unpaired) electrons. The third kappa shape index (κ3) is 1.81. The van der Waals surface area contributed by atoms with Crippen molar-refractivity contribution in [3.63, 3.8) is 0 Å². The van der Waals surface area contributed by atoms with Crippen LogP contribution in [-0.4, -0.2) is 81.4 Å². The molecule has 3 aliphatic heterocycles. The molecule has 0 aliphatic carbocycles. The zero-order valence-electron chi connectivity index (χ0n) is 10.2. The molecule has 3 rings (SSSR count). The molecule has 1 fully saturated rings. The van der Waals surface area contributed by atoms with Crippen molar-refractivity contribution in [1.82, 2.24) is 10.2 Å². The van der Waals surface area contributed by atoms with Crippen molar-refractivity contribution in [3.8, 4) is 0 Å². The molecule has 0 aromatic heterocycles. The van der Waals surface area contributed by atoms with Crippen molar-refractivity contribution >= 4 is 24.0 Å². The highest BCUT2D eigenvalue weighted by Gasteiger charge is 2.49. The smallest absolute Gasteiger partial charge is 0.259 e. The van der Waals surface area contributed by atoms with Crippen LogP contribution in [0.3, 0.4) is 0 Å². The Hall–Kier alpha value is -1.88. The molecule has 0 aromatic carbocycles. The number of aliphatic imine (C=N–C) groups is 2. The van der Waals surface area contributed by atoms with E-state index in [1.54, 1.807) is 0 Å². The first-order chi connectivity index (χ1) is 9.52. The average molecular weight is 283 g/mol. The maximum absolute atomic E-state index is 11.6. The van der Waals surface area contributed by atoms with Crippen LogP contribution in [0.2, 0.25) is 0 Å². The fourth-order valence-electron chi connectivity index (χ4n) is 2.34. The number of amides is 1. The van der Waals surface area contributed by atoms with Crippen molar-refractivity contribution in [2.45, 2.75) is 30.6 Å². The Balaban J connectivity index is 1.87. The predicted molar refractivity (Wildman–Crippen MR) is 65.2 cm³/mol. The van der Waals surface area contributed by atoms with Crippen molar-refractivity contribution < 1.29 is 24.9 Å². The van der Waals surface area contributed by atoms with E-state index in [0.29, 0.717) is 0 Å². The molecule has 10 heteroatoms. The highest BCUT2D eigenvalue weighted by atomic mass is 16.6. The molecule has 3 heterocycles. The van der Waals surface area contributed by atoms with Gasteiger partial charge in [0.05, 0.1) is 12.9 Å². The highest BCUT2D eigenvalue weighted by Crippen LogP contribution is 2.26. The van der Waals surface area contributed by atoms with Crippen LogP contribution in [0.4, 0.5) is 0 Å². The molecule has 10 nitrogen and oxygen atoms in total. The van der Waals surface area contributed by atoms with E-state index in [0.717, 1.165) is 0 Å². The van der Waals surface area contributed by atoms with E-state index in [1.807, 2.05) is 0 Å². The number of ether oxygens (including phenoxy) is 1. The number of aliphatic hydroxyl groups is 3. The van der Waals surface area contributed by atoms with Crippen LogP contribution < -0.4 is 5.32 Å². The number of rotatable bonds is 2. The summed E-state index contributed by atoms with van der Waals surface area (Å²) in [6, 6.07) is -0.898. The van der Waals surface area contributed by atoms with Gasteiger partial charge in [-0.25, -0.2) is 0 Å². The number of carbonyl (C=O) groups excluding carboxylic acids is 1. The minimum atomic E-state index is -1.29. The lowest BCUT2D eigenvalue weighted by Crippen LogP contribution is -2.53. The Bertz CT molecular complexity index is 520. The predicted octanol–water partition coefficient (Wildman–Crippen LogP) is -3.40. The maximum atomic E-state index is 11.6. The lowest BCUT2D eigenvalue weighted by Gasteiger charge is -2.28. The summed E-state index contributed by atoms with van der Waals surface area (Å²) in [6.45, 7) is -0.452. The Morgan fingerprint density at radius 2 is 2.20 bits per heavy atom. The molecule has 1 unspecified atom stereocenters. The highest BCUT2D eigenvalue weighted by molar-refractivity contribution is 6.23. The molecule has 20 heavy (non-hydrogen) atoms. The minimum absolute atomic E-state index is 0.147. The number of nitrogens with zero attached hydrogens (tertiary/aromatic N) is 3. The second-order valence-corrected chi connectivity index (χ2v) is 4.61. The molecule has 5 N–H and O–H groups in total. The zero-order valence-corrected chi connectivity index (χ0v) is 10.2. The van der Waals surface area contributed by atoms with E-state index in [-0.39, 0.29) is 11.8 Å². The van der Waals surface area contributed by atoms with E-state index in [4.69, 9.17) is 15.3 Å². The van der Waals surface area contributed by atoms with Gasteiger partial charge in [0, 0.05) is 0 Å². The number of guanidine groups is 1. The second kappa shape index (κ2) is 4.59. The standard InChI is InChI=1S/C10H13N5O5/c11-10-13-7-4(8(19)14-10)12-2-15(7)9-6(18)5(17)3(1-16)20-9/h2-6,9,16-18H,1H2,(H2,11,14,19)/t3-,4?,5-,6-,9-/m0/s1. The van der Waals surface area contributed by atoms with E-state index in [9.17, 15) is 15.0 Å².